The Morgan fingerprint density at radius 2 is 1.95 bits per heavy atom. The Morgan fingerprint density at radius 1 is 1.11 bits per heavy atom. The number of nitrogen functional groups attached to an aromatic ring is 1. The SMILES string of the molecule is CCCOc1cc(N)cc(Sc2cccc(C)c2)c1. The van der Waals surface area contributed by atoms with Crippen LogP contribution >= 0.6 is 11.8 Å². The van der Waals surface area contributed by atoms with Crippen molar-refractivity contribution in [2.45, 2.75) is 30.1 Å². The molecule has 0 aliphatic heterocycles. The highest BCUT2D eigenvalue weighted by atomic mass is 32.2. The van der Waals surface area contributed by atoms with Crippen molar-refractivity contribution in [2.24, 2.45) is 0 Å². The van der Waals surface area contributed by atoms with E-state index in [0.717, 1.165) is 29.4 Å². The van der Waals surface area contributed by atoms with E-state index in [1.54, 1.807) is 11.8 Å². The zero-order valence-corrected chi connectivity index (χ0v) is 12.2. The number of benzene rings is 2. The fraction of sp³-hybridized carbons (Fsp3) is 0.250. The van der Waals surface area contributed by atoms with Gasteiger partial charge < -0.3 is 10.5 Å². The number of ether oxygens (including phenoxy) is 1. The highest BCUT2D eigenvalue weighted by Crippen LogP contribution is 2.32. The molecular weight excluding hydrogens is 254 g/mol. The molecule has 2 N–H and O–H groups in total. The molecule has 2 aromatic rings. The first-order chi connectivity index (χ1) is 9.17. The quantitative estimate of drug-likeness (QED) is 0.814. The first-order valence-electron chi connectivity index (χ1n) is 6.45. The van der Waals surface area contributed by atoms with Crippen LogP contribution in [0, 0.1) is 6.92 Å². The first-order valence-corrected chi connectivity index (χ1v) is 7.27. The molecule has 2 rings (SSSR count). The van der Waals surface area contributed by atoms with Crippen LogP contribution in [0.2, 0.25) is 0 Å². The molecular formula is C16H19NOS. The van der Waals surface area contributed by atoms with Crippen LogP contribution in [0.1, 0.15) is 18.9 Å². The molecule has 0 fully saturated rings. The molecule has 0 radical (unpaired) electrons. The standard InChI is InChI=1S/C16H19NOS/c1-3-7-18-14-9-13(17)10-16(11-14)19-15-6-4-5-12(2)8-15/h4-6,8-11H,3,7,17H2,1-2H3. The van der Waals surface area contributed by atoms with Gasteiger partial charge in [0.2, 0.25) is 0 Å². The lowest BCUT2D eigenvalue weighted by molar-refractivity contribution is 0.317. The Kier molecular flexibility index (Phi) is 4.74. The highest BCUT2D eigenvalue weighted by Gasteiger charge is 2.03. The van der Waals surface area contributed by atoms with Gasteiger partial charge in [-0.1, -0.05) is 36.4 Å². The minimum atomic E-state index is 0.720. The van der Waals surface area contributed by atoms with Crippen LogP contribution in [0.3, 0.4) is 0 Å². The van der Waals surface area contributed by atoms with Crippen LogP contribution in [-0.2, 0) is 0 Å². The van der Waals surface area contributed by atoms with Crippen molar-refractivity contribution in [1.82, 2.24) is 0 Å². The summed E-state index contributed by atoms with van der Waals surface area (Å²) in [6.07, 6.45) is 0.995. The summed E-state index contributed by atoms with van der Waals surface area (Å²) in [5.74, 6) is 0.844. The molecule has 2 nitrogen and oxygen atoms in total. The number of rotatable bonds is 5. The molecule has 0 saturated heterocycles. The van der Waals surface area contributed by atoms with Gasteiger partial charge in [0.1, 0.15) is 5.75 Å². The predicted octanol–water partition coefficient (Wildman–Crippen LogP) is 4.52. The second kappa shape index (κ2) is 6.53. The van der Waals surface area contributed by atoms with E-state index in [9.17, 15) is 0 Å². The molecule has 19 heavy (non-hydrogen) atoms. The summed E-state index contributed by atoms with van der Waals surface area (Å²) in [7, 11) is 0. The Bertz CT molecular complexity index is 554. The maximum atomic E-state index is 5.92. The van der Waals surface area contributed by atoms with E-state index in [-0.39, 0.29) is 0 Å². The third-order valence-corrected chi connectivity index (χ3v) is 3.56. The summed E-state index contributed by atoms with van der Waals surface area (Å²) in [6, 6.07) is 14.3. The average Bonchev–Trinajstić information content (AvgIpc) is 2.35. The van der Waals surface area contributed by atoms with E-state index in [4.69, 9.17) is 10.5 Å². The van der Waals surface area contributed by atoms with Gasteiger partial charge in [0.05, 0.1) is 6.61 Å². The lowest BCUT2D eigenvalue weighted by atomic mass is 10.2. The third-order valence-electron chi connectivity index (χ3n) is 2.60. The number of hydrogen-bond donors (Lipinski definition) is 1. The fourth-order valence-corrected chi connectivity index (χ4v) is 2.80. The summed E-state index contributed by atoms with van der Waals surface area (Å²) in [5.41, 5.74) is 7.92. The molecule has 0 bridgehead atoms. The summed E-state index contributed by atoms with van der Waals surface area (Å²) in [4.78, 5) is 2.32. The molecule has 0 unspecified atom stereocenters. The van der Waals surface area contributed by atoms with E-state index in [1.807, 2.05) is 18.2 Å². The molecule has 0 amide bonds. The van der Waals surface area contributed by atoms with Crippen LogP contribution in [-0.4, -0.2) is 6.61 Å². The Hall–Kier alpha value is -1.61. The van der Waals surface area contributed by atoms with Crippen molar-refractivity contribution >= 4 is 17.4 Å². The van der Waals surface area contributed by atoms with Crippen molar-refractivity contribution in [3.8, 4) is 5.75 Å². The maximum absolute atomic E-state index is 5.92. The topological polar surface area (TPSA) is 35.2 Å². The van der Waals surface area contributed by atoms with Crippen LogP contribution < -0.4 is 10.5 Å². The van der Waals surface area contributed by atoms with Gasteiger partial charge in [-0.2, -0.15) is 0 Å². The van der Waals surface area contributed by atoms with Gasteiger partial charge in [-0.05, 0) is 37.6 Å². The smallest absolute Gasteiger partial charge is 0.122 e. The maximum Gasteiger partial charge on any atom is 0.122 e. The van der Waals surface area contributed by atoms with Gasteiger partial charge in [0.25, 0.3) is 0 Å². The Morgan fingerprint density at radius 3 is 2.68 bits per heavy atom. The van der Waals surface area contributed by atoms with Gasteiger partial charge in [-0.25, -0.2) is 0 Å². The van der Waals surface area contributed by atoms with Crippen LogP contribution in [0.15, 0.2) is 52.3 Å². The van der Waals surface area contributed by atoms with Crippen molar-refractivity contribution in [2.75, 3.05) is 12.3 Å². The van der Waals surface area contributed by atoms with E-state index in [1.165, 1.54) is 10.5 Å². The molecule has 0 spiro atoms. The van der Waals surface area contributed by atoms with E-state index in [0.29, 0.717) is 0 Å². The summed E-state index contributed by atoms with van der Waals surface area (Å²) in [5, 5.41) is 0. The largest absolute Gasteiger partial charge is 0.493 e. The summed E-state index contributed by atoms with van der Waals surface area (Å²) >= 11 is 1.70. The minimum absolute atomic E-state index is 0.720. The number of aryl methyl sites for hydroxylation is 1. The molecule has 3 heteroatoms. The Balaban J connectivity index is 2.17. The van der Waals surface area contributed by atoms with Crippen molar-refractivity contribution in [3.63, 3.8) is 0 Å². The molecule has 100 valence electrons. The summed E-state index contributed by atoms with van der Waals surface area (Å²) in [6.45, 7) is 4.91. The van der Waals surface area contributed by atoms with Gasteiger partial charge in [0.15, 0.2) is 0 Å². The molecule has 0 heterocycles. The van der Waals surface area contributed by atoms with Crippen LogP contribution in [0.4, 0.5) is 5.69 Å². The minimum Gasteiger partial charge on any atom is -0.493 e. The average molecular weight is 273 g/mol. The Labute approximate surface area is 119 Å². The van der Waals surface area contributed by atoms with E-state index < -0.39 is 0 Å². The van der Waals surface area contributed by atoms with E-state index in [2.05, 4.69) is 38.1 Å². The lowest BCUT2D eigenvalue weighted by Gasteiger charge is -2.09. The second-order valence-electron chi connectivity index (χ2n) is 4.50. The second-order valence-corrected chi connectivity index (χ2v) is 5.65. The molecule has 2 aromatic carbocycles. The summed E-state index contributed by atoms with van der Waals surface area (Å²) < 4.78 is 5.64. The monoisotopic (exact) mass is 273 g/mol. The first kappa shape index (κ1) is 13.8. The molecule has 0 aromatic heterocycles. The van der Waals surface area contributed by atoms with Gasteiger partial charge in [-0.3, -0.25) is 0 Å². The molecule has 0 saturated carbocycles. The molecule has 0 aliphatic carbocycles. The molecule has 0 aliphatic rings. The van der Waals surface area contributed by atoms with Gasteiger partial charge >= 0.3 is 0 Å². The van der Waals surface area contributed by atoms with E-state index >= 15 is 0 Å². The lowest BCUT2D eigenvalue weighted by Crippen LogP contribution is -1.96. The predicted molar refractivity (Wildman–Crippen MR) is 81.9 cm³/mol. The van der Waals surface area contributed by atoms with Crippen molar-refractivity contribution < 1.29 is 4.74 Å². The normalized spacial score (nSPS) is 10.4. The number of anilines is 1. The fourth-order valence-electron chi connectivity index (χ4n) is 1.77. The number of nitrogens with two attached hydrogens (primary N) is 1. The van der Waals surface area contributed by atoms with Crippen LogP contribution in [0.25, 0.3) is 0 Å². The molecule has 0 atom stereocenters. The van der Waals surface area contributed by atoms with Gasteiger partial charge in [-0.15, -0.1) is 0 Å². The highest BCUT2D eigenvalue weighted by molar-refractivity contribution is 7.99. The third kappa shape index (κ3) is 4.21. The van der Waals surface area contributed by atoms with Gasteiger partial charge in [0, 0.05) is 21.5 Å². The zero-order valence-electron chi connectivity index (χ0n) is 11.3. The number of hydrogen-bond acceptors (Lipinski definition) is 3. The zero-order chi connectivity index (χ0) is 13.7. The van der Waals surface area contributed by atoms with Crippen molar-refractivity contribution in [3.05, 3.63) is 48.0 Å². The van der Waals surface area contributed by atoms with Crippen molar-refractivity contribution in [1.29, 1.82) is 0 Å². The van der Waals surface area contributed by atoms with Crippen LogP contribution in [0.5, 0.6) is 5.75 Å².